The second-order valence-corrected chi connectivity index (χ2v) is 7.69. The predicted molar refractivity (Wildman–Crippen MR) is 79.6 cm³/mol. The Balaban J connectivity index is 2.34. The highest BCUT2D eigenvalue weighted by molar-refractivity contribution is 7.89. The minimum absolute atomic E-state index is 0.104. The Morgan fingerprint density at radius 2 is 2.19 bits per heavy atom. The highest BCUT2D eigenvalue weighted by Gasteiger charge is 2.37. The standard InChI is InChI=1S/C14H17ClN2O3S/c1-14(20-2)6-3-7-17(10-14)21(18,19)12-5-4-11(9-16)13(15)8-12/h4-5,8H,3,6-7,10H2,1-2H3. The molecule has 0 aromatic heterocycles. The summed E-state index contributed by atoms with van der Waals surface area (Å²) >= 11 is 5.93. The number of piperidine rings is 1. The molecule has 0 spiro atoms. The SMILES string of the molecule is COC1(C)CCCN(S(=O)(=O)c2ccc(C#N)c(Cl)c2)C1. The minimum Gasteiger partial charge on any atom is -0.377 e. The number of hydrogen-bond donors (Lipinski definition) is 0. The van der Waals surface area contributed by atoms with Crippen LogP contribution in [-0.4, -0.2) is 38.5 Å². The van der Waals surface area contributed by atoms with Gasteiger partial charge < -0.3 is 4.74 Å². The van der Waals surface area contributed by atoms with Crippen LogP contribution in [-0.2, 0) is 14.8 Å². The van der Waals surface area contributed by atoms with Crippen LogP contribution in [0.4, 0.5) is 0 Å². The molecule has 1 fully saturated rings. The third kappa shape index (κ3) is 3.22. The van der Waals surface area contributed by atoms with Gasteiger partial charge in [-0.1, -0.05) is 11.6 Å². The molecule has 5 nitrogen and oxygen atoms in total. The van der Waals surface area contributed by atoms with Crippen LogP contribution in [0, 0.1) is 11.3 Å². The van der Waals surface area contributed by atoms with Crippen LogP contribution >= 0.6 is 11.6 Å². The van der Waals surface area contributed by atoms with E-state index in [0.29, 0.717) is 13.1 Å². The molecule has 0 saturated carbocycles. The van der Waals surface area contributed by atoms with Crippen molar-refractivity contribution in [3.63, 3.8) is 0 Å². The average Bonchev–Trinajstić information content (AvgIpc) is 2.47. The minimum atomic E-state index is -3.63. The highest BCUT2D eigenvalue weighted by atomic mass is 35.5. The lowest BCUT2D eigenvalue weighted by molar-refractivity contribution is -0.0319. The molecule has 1 aromatic carbocycles. The number of nitriles is 1. The Kier molecular flexibility index (Phi) is 4.59. The van der Waals surface area contributed by atoms with Gasteiger partial charge in [-0.15, -0.1) is 0 Å². The van der Waals surface area contributed by atoms with Gasteiger partial charge in [0.2, 0.25) is 10.0 Å². The van der Waals surface area contributed by atoms with Gasteiger partial charge in [0.1, 0.15) is 6.07 Å². The number of methoxy groups -OCH3 is 1. The van der Waals surface area contributed by atoms with E-state index in [1.165, 1.54) is 22.5 Å². The van der Waals surface area contributed by atoms with Crippen molar-refractivity contribution in [1.29, 1.82) is 5.26 Å². The monoisotopic (exact) mass is 328 g/mol. The maximum atomic E-state index is 12.7. The molecular formula is C14H17ClN2O3S. The largest absolute Gasteiger partial charge is 0.377 e. The highest BCUT2D eigenvalue weighted by Crippen LogP contribution is 2.29. The van der Waals surface area contributed by atoms with Crippen LogP contribution < -0.4 is 0 Å². The molecule has 0 radical (unpaired) electrons. The van der Waals surface area contributed by atoms with E-state index < -0.39 is 15.6 Å². The van der Waals surface area contributed by atoms with Crippen molar-refractivity contribution in [2.45, 2.75) is 30.3 Å². The van der Waals surface area contributed by atoms with E-state index in [9.17, 15) is 8.42 Å². The molecule has 0 amide bonds. The second kappa shape index (κ2) is 5.93. The lowest BCUT2D eigenvalue weighted by Crippen LogP contribution is -2.49. The van der Waals surface area contributed by atoms with Crippen LogP contribution in [0.1, 0.15) is 25.3 Å². The summed E-state index contributed by atoms with van der Waals surface area (Å²) < 4.78 is 32.2. The number of rotatable bonds is 3. The molecule has 1 unspecified atom stereocenters. The molecular weight excluding hydrogens is 312 g/mol. The predicted octanol–water partition coefficient (Wildman–Crippen LogP) is 2.40. The van der Waals surface area contributed by atoms with Crippen molar-refractivity contribution >= 4 is 21.6 Å². The topological polar surface area (TPSA) is 70.4 Å². The summed E-state index contributed by atoms with van der Waals surface area (Å²) in [6, 6.07) is 6.08. The Hall–Kier alpha value is -1.13. The van der Waals surface area contributed by atoms with Gasteiger partial charge >= 0.3 is 0 Å². The summed E-state index contributed by atoms with van der Waals surface area (Å²) in [5.41, 5.74) is -0.210. The van der Waals surface area contributed by atoms with Crippen LogP contribution in [0.5, 0.6) is 0 Å². The Bertz CT molecular complexity index is 684. The van der Waals surface area contributed by atoms with E-state index in [1.807, 2.05) is 13.0 Å². The Morgan fingerprint density at radius 1 is 1.48 bits per heavy atom. The fraction of sp³-hybridized carbons (Fsp3) is 0.500. The summed E-state index contributed by atoms with van der Waals surface area (Å²) in [5.74, 6) is 0. The zero-order valence-electron chi connectivity index (χ0n) is 12.0. The zero-order chi connectivity index (χ0) is 15.7. The normalized spacial score (nSPS) is 23.7. The molecule has 1 atom stereocenters. The van der Waals surface area contributed by atoms with Crippen molar-refractivity contribution in [2.24, 2.45) is 0 Å². The fourth-order valence-electron chi connectivity index (χ4n) is 2.43. The number of hydrogen-bond acceptors (Lipinski definition) is 4. The van der Waals surface area contributed by atoms with Gasteiger partial charge in [0.15, 0.2) is 0 Å². The van der Waals surface area contributed by atoms with E-state index in [2.05, 4.69) is 0 Å². The summed E-state index contributed by atoms with van der Waals surface area (Å²) in [5, 5.41) is 8.99. The summed E-state index contributed by atoms with van der Waals surface area (Å²) in [6.07, 6.45) is 1.57. The van der Waals surface area contributed by atoms with Crippen molar-refractivity contribution in [3.05, 3.63) is 28.8 Å². The molecule has 1 aromatic rings. The number of nitrogens with zero attached hydrogens (tertiary/aromatic N) is 2. The molecule has 7 heteroatoms. The summed E-state index contributed by atoms with van der Waals surface area (Å²) in [6.45, 7) is 2.67. The summed E-state index contributed by atoms with van der Waals surface area (Å²) in [4.78, 5) is 0.104. The third-order valence-corrected chi connectivity index (χ3v) is 5.97. The van der Waals surface area contributed by atoms with Crippen LogP contribution in [0.2, 0.25) is 5.02 Å². The van der Waals surface area contributed by atoms with Crippen LogP contribution in [0.3, 0.4) is 0 Å². The lowest BCUT2D eigenvalue weighted by Gasteiger charge is -2.38. The van der Waals surface area contributed by atoms with Gasteiger partial charge in [0.25, 0.3) is 0 Å². The van der Waals surface area contributed by atoms with E-state index in [1.54, 1.807) is 7.11 Å². The van der Waals surface area contributed by atoms with E-state index in [-0.39, 0.29) is 15.5 Å². The maximum absolute atomic E-state index is 12.7. The first-order valence-electron chi connectivity index (χ1n) is 6.57. The molecule has 1 saturated heterocycles. The molecule has 0 N–H and O–H groups in total. The Morgan fingerprint density at radius 3 is 2.76 bits per heavy atom. The molecule has 2 rings (SSSR count). The van der Waals surface area contributed by atoms with Crippen molar-refractivity contribution in [3.8, 4) is 6.07 Å². The number of halogens is 1. The quantitative estimate of drug-likeness (QED) is 0.854. The van der Waals surface area contributed by atoms with Crippen LogP contribution in [0.15, 0.2) is 23.1 Å². The molecule has 1 aliphatic heterocycles. The third-order valence-electron chi connectivity index (χ3n) is 3.82. The number of benzene rings is 1. The lowest BCUT2D eigenvalue weighted by atomic mass is 9.96. The molecule has 0 aliphatic carbocycles. The van der Waals surface area contributed by atoms with Crippen molar-refractivity contribution in [2.75, 3.05) is 20.2 Å². The first kappa shape index (κ1) is 16.2. The van der Waals surface area contributed by atoms with Crippen LogP contribution in [0.25, 0.3) is 0 Å². The van der Waals surface area contributed by atoms with Gasteiger partial charge in [-0.2, -0.15) is 9.57 Å². The van der Waals surface area contributed by atoms with Gasteiger partial charge in [0.05, 0.1) is 21.1 Å². The molecule has 1 heterocycles. The number of ether oxygens (including phenoxy) is 1. The van der Waals surface area contributed by atoms with Gasteiger partial charge in [-0.05, 0) is 38.0 Å². The Labute approximate surface area is 130 Å². The molecule has 0 bridgehead atoms. The van der Waals surface area contributed by atoms with E-state index >= 15 is 0 Å². The van der Waals surface area contributed by atoms with Gasteiger partial charge in [0, 0.05) is 20.2 Å². The first-order chi connectivity index (χ1) is 9.82. The smallest absolute Gasteiger partial charge is 0.243 e. The molecule has 114 valence electrons. The fourth-order valence-corrected chi connectivity index (χ4v) is 4.33. The first-order valence-corrected chi connectivity index (χ1v) is 8.39. The zero-order valence-corrected chi connectivity index (χ0v) is 13.5. The second-order valence-electron chi connectivity index (χ2n) is 5.35. The van der Waals surface area contributed by atoms with E-state index in [0.717, 1.165) is 12.8 Å². The van der Waals surface area contributed by atoms with E-state index in [4.69, 9.17) is 21.6 Å². The average molecular weight is 329 g/mol. The van der Waals surface area contributed by atoms with Crippen molar-refractivity contribution in [1.82, 2.24) is 4.31 Å². The molecule has 21 heavy (non-hydrogen) atoms. The van der Waals surface area contributed by atoms with Crippen molar-refractivity contribution < 1.29 is 13.2 Å². The number of sulfonamides is 1. The maximum Gasteiger partial charge on any atom is 0.243 e. The summed E-state index contributed by atoms with van der Waals surface area (Å²) in [7, 11) is -2.04. The van der Waals surface area contributed by atoms with Gasteiger partial charge in [-0.3, -0.25) is 0 Å². The van der Waals surface area contributed by atoms with Gasteiger partial charge in [-0.25, -0.2) is 8.42 Å². The molecule has 1 aliphatic rings.